The third-order valence-corrected chi connectivity index (χ3v) is 3.95. The summed E-state index contributed by atoms with van der Waals surface area (Å²) in [6, 6.07) is 3.22. The van der Waals surface area contributed by atoms with Crippen molar-refractivity contribution in [2.24, 2.45) is 0 Å². The van der Waals surface area contributed by atoms with E-state index in [-0.39, 0.29) is 11.1 Å². The summed E-state index contributed by atoms with van der Waals surface area (Å²) in [7, 11) is 0. The Hall–Kier alpha value is -1.38. The molecule has 0 aliphatic carbocycles. The maximum absolute atomic E-state index is 13.8. The molecule has 18 heavy (non-hydrogen) atoms. The minimum absolute atomic E-state index is 0.0241. The lowest BCUT2D eigenvalue weighted by Crippen LogP contribution is -2.48. The molecule has 0 fully saturated rings. The Balaban J connectivity index is 2.62. The number of aldehydes is 1. The maximum atomic E-state index is 13.8. The standard InChI is InChI=1S/C15H20FNO/c1-5-17-14-7-13(16)11(9-18)6-12(14)10(2)8-15(17,3)4/h6-7,9-10H,5,8H2,1-4H3. The van der Waals surface area contributed by atoms with Crippen LogP contribution in [0.1, 0.15) is 56.0 Å². The fourth-order valence-electron chi connectivity index (χ4n) is 3.21. The summed E-state index contributed by atoms with van der Waals surface area (Å²) in [4.78, 5) is 13.1. The summed E-state index contributed by atoms with van der Waals surface area (Å²) >= 11 is 0. The molecule has 0 radical (unpaired) electrons. The van der Waals surface area contributed by atoms with E-state index in [1.165, 1.54) is 6.07 Å². The highest BCUT2D eigenvalue weighted by atomic mass is 19.1. The maximum Gasteiger partial charge on any atom is 0.153 e. The van der Waals surface area contributed by atoms with Crippen LogP contribution in [0.2, 0.25) is 0 Å². The van der Waals surface area contributed by atoms with Crippen molar-refractivity contribution in [3.05, 3.63) is 29.1 Å². The molecule has 1 aromatic rings. The molecule has 1 atom stereocenters. The fraction of sp³-hybridized carbons (Fsp3) is 0.533. The number of hydrogen-bond acceptors (Lipinski definition) is 2. The van der Waals surface area contributed by atoms with E-state index in [9.17, 15) is 9.18 Å². The third-order valence-electron chi connectivity index (χ3n) is 3.95. The first-order valence-corrected chi connectivity index (χ1v) is 6.47. The molecular weight excluding hydrogens is 229 g/mol. The lowest BCUT2D eigenvalue weighted by atomic mass is 9.79. The van der Waals surface area contributed by atoms with E-state index in [2.05, 4.69) is 32.6 Å². The van der Waals surface area contributed by atoms with Gasteiger partial charge in [0.05, 0.1) is 5.56 Å². The van der Waals surface area contributed by atoms with Gasteiger partial charge in [0.25, 0.3) is 0 Å². The van der Waals surface area contributed by atoms with Crippen LogP contribution >= 0.6 is 0 Å². The van der Waals surface area contributed by atoms with Crippen LogP contribution in [0.5, 0.6) is 0 Å². The van der Waals surface area contributed by atoms with Crippen LogP contribution < -0.4 is 4.90 Å². The van der Waals surface area contributed by atoms with Gasteiger partial charge in [0, 0.05) is 17.8 Å². The first-order chi connectivity index (χ1) is 8.40. The minimum atomic E-state index is -0.424. The first-order valence-electron chi connectivity index (χ1n) is 6.47. The summed E-state index contributed by atoms with van der Waals surface area (Å²) in [6.07, 6.45) is 1.61. The number of carbonyl (C=O) groups is 1. The Morgan fingerprint density at radius 1 is 1.50 bits per heavy atom. The Labute approximate surface area is 108 Å². The van der Waals surface area contributed by atoms with Crippen LogP contribution in [-0.2, 0) is 0 Å². The average Bonchev–Trinajstić information content (AvgIpc) is 2.27. The van der Waals surface area contributed by atoms with E-state index in [1.54, 1.807) is 6.07 Å². The van der Waals surface area contributed by atoms with Crippen molar-refractivity contribution >= 4 is 12.0 Å². The molecule has 1 aromatic carbocycles. The smallest absolute Gasteiger partial charge is 0.153 e. The molecule has 2 nitrogen and oxygen atoms in total. The quantitative estimate of drug-likeness (QED) is 0.744. The Kier molecular flexibility index (Phi) is 3.18. The van der Waals surface area contributed by atoms with E-state index < -0.39 is 5.82 Å². The van der Waals surface area contributed by atoms with E-state index in [1.807, 2.05) is 0 Å². The van der Waals surface area contributed by atoms with Crippen LogP contribution in [0.3, 0.4) is 0 Å². The first kappa shape index (κ1) is 13.1. The van der Waals surface area contributed by atoms with Gasteiger partial charge in [0.15, 0.2) is 6.29 Å². The highest BCUT2D eigenvalue weighted by molar-refractivity contribution is 5.78. The normalized spacial score (nSPS) is 21.6. The molecule has 0 aromatic heterocycles. The van der Waals surface area contributed by atoms with Crippen LogP contribution in [0.25, 0.3) is 0 Å². The molecule has 3 heteroatoms. The van der Waals surface area contributed by atoms with Gasteiger partial charge in [-0.05, 0) is 50.8 Å². The number of halogens is 1. The van der Waals surface area contributed by atoms with Crippen molar-refractivity contribution in [2.75, 3.05) is 11.4 Å². The third kappa shape index (κ3) is 1.92. The topological polar surface area (TPSA) is 20.3 Å². The highest BCUT2D eigenvalue weighted by Crippen LogP contribution is 2.43. The molecular formula is C15H20FNO. The van der Waals surface area contributed by atoms with Gasteiger partial charge in [-0.15, -0.1) is 0 Å². The number of fused-ring (bicyclic) bond motifs is 1. The van der Waals surface area contributed by atoms with Crippen molar-refractivity contribution < 1.29 is 9.18 Å². The summed E-state index contributed by atoms with van der Waals surface area (Å²) in [5.41, 5.74) is 2.21. The van der Waals surface area contributed by atoms with Crippen molar-refractivity contribution in [1.29, 1.82) is 0 Å². The van der Waals surface area contributed by atoms with Crippen LogP contribution in [0.15, 0.2) is 12.1 Å². The molecule has 0 amide bonds. The largest absolute Gasteiger partial charge is 0.366 e. The van der Waals surface area contributed by atoms with E-state index in [0.29, 0.717) is 12.2 Å². The second-order valence-corrected chi connectivity index (χ2v) is 5.71. The lowest BCUT2D eigenvalue weighted by Gasteiger charge is -2.47. The van der Waals surface area contributed by atoms with Crippen LogP contribution in [-0.4, -0.2) is 18.4 Å². The molecule has 0 spiro atoms. The monoisotopic (exact) mass is 249 g/mol. The van der Waals surface area contributed by atoms with Crippen molar-refractivity contribution in [3.63, 3.8) is 0 Å². The van der Waals surface area contributed by atoms with E-state index in [0.717, 1.165) is 24.2 Å². The van der Waals surface area contributed by atoms with Crippen molar-refractivity contribution in [1.82, 2.24) is 0 Å². The van der Waals surface area contributed by atoms with Gasteiger partial charge in [0.2, 0.25) is 0 Å². The van der Waals surface area contributed by atoms with Gasteiger partial charge in [-0.3, -0.25) is 4.79 Å². The molecule has 0 saturated heterocycles. The molecule has 0 saturated carbocycles. The number of rotatable bonds is 2. The van der Waals surface area contributed by atoms with Gasteiger partial charge in [0.1, 0.15) is 5.82 Å². The second-order valence-electron chi connectivity index (χ2n) is 5.71. The predicted molar refractivity (Wildman–Crippen MR) is 71.9 cm³/mol. The van der Waals surface area contributed by atoms with Crippen LogP contribution in [0.4, 0.5) is 10.1 Å². The number of nitrogens with zero attached hydrogens (tertiary/aromatic N) is 1. The molecule has 98 valence electrons. The number of hydrogen-bond donors (Lipinski definition) is 0. The zero-order valence-corrected chi connectivity index (χ0v) is 11.5. The fourth-order valence-corrected chi connectivity index (χ4v) is 3.21. The molecule has 1 unspecified atom stereocenters. The Bertz CT molecular complexity index is 482. The Morgan fingerprint density at radius 2 is 2.17 bits per heavy atom. The van der Waals surface area contributed by atoms with Gasteiger partial charge < -0.3 is 4.90 Å². The number of benzene rings is 1. The molecule has 1 aliphatic rings. The number of anilines is 1. The average molecular weight is 249 g/mol. The summed E-state index contributed by atoms with van der Waals surface area (Å²) in [5, 5.41) is 0. The lowest BCUT2D eigenvalue weighted by molar-refractivity contribution is 0.111. The predicted octanol–water partition coefficient (Wildman–Crippen LogP) is 3.75. The van der Waals surface area contributed by atoms with E-state index >= 15 is 0 Å². The SMILES string of the molecule is CCN1c2cc(F)c(C=O)cc2C(C)CC1(C)C. The summed E-state index contributed by atoms with van der Waals surface area (Å²) in [5.74, 6) is -0.0794. The second kappa shape index (κ2) is 4.38. The molecule has 1 aliphatic heterocycles. The molecule has 0 bridgehead atoms. The van der Waals surface area contributed by atoms with Crippen molar-refractivity contribution in [2.45, 2.75) is 45.6 Å². The van der Waals surface area contributed by atoms with Crippen LogP contribution in [0, 0.1) is 5.82 Å². The molecule has 2 rings (SSSR count). The molecule has 0 N–H and O–H groups in total. The zero-order valence-electron chi connectivity index (χ0n) is 11.5. The van der Waals surface area contributed by atoms with Gasteiger partial charge in [-0.1, -0.05) is 6.92 Å². The minimum Gasteiger partial charge on any atom is -0.366 e. The van der Waals surface area contributed by atoms with Crippen molar-refractivity contribution in [3.8, 4) is 0 Å². The molecule has 1 heterocycles. The van der Waals surface area contributed by atoms with Gasteiger partial charge in [-0.25, -0.2) is 4.39 Å². The van der Waals surface area contributed by atoms with E-state index in [4.69, 9.17) is 0 Å². The van der Waals surface area contributed by atoms with Gasteiger partial charge >= 0.3 is 0 Å². The zero-order chi connectivity index (χ0) is 13.5. The summed E-state index contributed by atoms with van der Waals surface area (Å²) < 4.78 is 13.8. The Morgan fingerprint density at radius 3 is 2.72 bits per heavy atom. The number of carbonyl (C=O) groups excluding carboxylic acids is 1. The summed E-state index contributed by atoms with van der Waals surface area (Å²) in [6.45, 7) is 9.42. The van der Waals surface area contributed by atoms with Gasteiger partial charge in [-0.2, -0.15) is 0 Å². The highest BCUT2D eigenvalue weighted by Gasteiger charge is 2.36.